The number of nitrogens with one attached hydrogen (secondary N) is 1. The zero-order chi connectivity index (χ0) is 12.0. The van der Waals surface area contributed by atoms with Gasteiger partial charge in [-0.15, -0.1) is 0 Å². The molecule has 90 valence electrons. The van der Waals surface area contributed by atoms with Crippen LogP contribution in [0.1, 0.15) is 19.3 Å². The maximum atomic E-state index is 13.0. The summed E-state index contributed by atoms with van der Waals surface area (Å²) in [6, 6.07) is 4.54. The number of fused-ring (bicyclic) bond motifs is 1. The Bertz CT molecular complexity index is 466. The van der Waals surface area contributed by atoms with E-state index in [0.29, 0.717) is 10.2 Å². The molecule has 0 saturated heterocycles. The van der Waals surface area contributed by atoms with E-state index in [2.05, 4.69) is 21.2 Å². The molecule has 2 fully saturated rings. The van der Waals surface area contributed by atoms with Crippen LogP contribution < -0.4 is 5.32 Å². The van der Waals surface area contributed by atoms with Crippen LogP contribution in [0, 0.1) is 23.6 Å². The molecule has 2 unspecified atom stereocenters. The summed E-state index contributed by atoms with van der Waals surface area (Å²) in [5, 5.41) is 2.86. The Morgan fingerprint density at radius 1 is 1.29 bits per heavy atom. The predicted molar refractivity (Wildman–Crippen MR) is 67.1 cm³/mol. The highest BCUT2D eigenvalue weighted by Crippen LogP contribution is 2.54. The predicted octanol–water partition coefficient (Wildman–Crippen LogP) is 3.57. The van der Waals surface area contributed by atoms with Gasteiger partial charge in [0.2, 0.25) is 5.91 Å². The third kappa shape index (κ3) is 2.23. The molecule has 3 rings (SSSR count). The Morgan fingerprint density at radius 3 is 2.65 bits per heavy atom. The van der Waals surface area contributed by atoms with Crippen LogP contribution in [0.4, 0.5) is 10.1 Å². The number of benzene rings is 1. The summed E-state index contributed by atoms with van der Waals surface area (Å²) in [6.45, 7) is 0. The van der Waals surface area contributed by atoms with Gasteiger partial charge in [-0.3, -0.25) is 4.79 Å². The van der Waals surface area contributed by atoms with Crippen LogP contribution >= 0.6 is 15.9 Å². The normalized spacial score (nSPS) is 29.9. The van der Waals surface area contributed by atoms with Crippen molar-refractivity contribution in [2.24, 2.45) is 17.8 Å². The van der Waals surface area contributed by atoms with Crippen LogP contribution in [0.3, 0.4) is 0 Å². The van der Waals surface area contributed by atoms with Crippen LogP contribution in [0.2, 0.25) is 0 Å². The number of halogens is 2. The second-order valence-corrected chi connectivity index (χ2v) is 5.90. The van der Waals surface area contributed by atoms with Gasteiger partial charge < -0.3 is 5.32 Å². The van der Waals surface area contributed by atoms with Crippen molar-refractivity contribution in [1.29, 1.82) is 0 Å². The summed E-state index contributed by atoms with van der Waals surface area (Å²) in [5.41, 5.74) is 0.656. The number of rotatable bonds is 2. The van der Waals surface area contributed by atoms with Crippen LogP contribution in [0.5, 0.6) is 0 Å². The molecule has 0 aromatic heterocycles. The van der Waals surface area contributed by atoms with Crippen LogP contribution in [-0.2, 0) is 4.79 Å². The lowest BCUT2D eigenvalue weighted by Gasteiger charge is -2.12. The molecule has 1 N–H and O–H groups in total. The molecule has 1 amide bonds. The average molecular weight is 298 g/mol. The first kappa shape index (κ1) is 11.2. The molecule has 0 radical (unpaired) electrons. The monoisotopic (exact) mass is 297 g/mol. The molecule has 2 aliphatic rings. The van der Waals surface area contributed by atoms with Gasteiger partial charge >= 0.3 is 0 Å². The third-order valence-electron chi connectivity index (χ3n) is 3.80. The van der Waals surface area contributed by atoms with Gasteiger partial charge in [0.25, 0.3) is 0 Å². The lowest BCUT2D eigenvalue weighted by molar-refractivity contribution is -0.120. The SMILES string of the molecule is O=C(Nc1ccc(F)c(Br)c1)C1CC2CC2C1. The third-order valence-corrected chi connectivity index (χ3v) is 4.41. The highest BCUT2D eigenvalue weighted by atomic mass is 79.9. The summed E-state index contributed by atoms with van der Waals surface area (Å²) in [6.07, 6.45) is 3.36. The number of hydrogen-bond acceptors (Lipinski definition) is 1. The maximum Gasteiger partial charge on any atom is 0.227 e. The Hall–Kier alpha value is -0.900. The van der Waals surface area contributed by atoms with Gasteiger partial charge in [0, 0.05) is 11.6 Å². The molecule has 2 saturated carbocycles. The number of carbonyl (C=O) groups is 1. The summed E-state index contributed by atoms with van der Waals surface area (Å²) in [5.74, 6) is 1.51. The second-order valence-electron chi connectivity index (χ2n) is 5.04. The Kier molecular flexibility index (Phi) is 2.69. The fourth-order valence-corrected chi connectivity index (χ4v) is 3.13. The standard InChI is InChI=1S/C13H13BrFNO/c14-11-6-10(1-2-12(11)15)16-13(17)9-4-7-3-8(7)5-9/h1-2,6-9H,3-5H2,(H,16,17). The zero-order valence-corrected chi connectivity index (χ0v) is 10.8. The highest BCUT2D eigenvalue weighted by molar-refractivity contribution is 9.10. The van der Waals surface area contributed by atoms with E-state index in [4.69, 9.17) is 0 Å². The summed E-state index contributed by atoms with van der Waals surface area (Å²) >= 11 is 3.11. The van der Waals surface area contributed by atoms with Crippen LogP contribution in [-0.4, -0.2) is 5.91 Å². The largest absolute Gasteiger partial charge is 0.326 e. The molecule has 0 heterocycles. The first-order valence-electron chi connectivity index (χ1n) is 5.89. The van der Waals surface area contributed by atoms with Crippen LogP contribution in [0.25, 0.3) is 0 Å². The summed E-state index contributed by atoms with van der Waals surface area (Å²) in [7, 11) is 0. The Labute approximate surface area is 108 Å². The van der Waals surface area contributed by atoms with Crippen molar-refractivity contribution in [2.75, 3.05) is 5.32 Å². The molecule has 1 aromatic rings. The van der Waals surface area contributed by atoms with Crippen molar-refractivity contribution in [1.82, 2.24) is 0 Å². The summed E-state index contributed by atoms with van der Waals surface area (Å²) < 4.78 is 13.4. The molecule has 17 heavy (non-hydrogen) atoms. The van der Waals surface area contributed by atoms with E-state index in [1.807, 2.05) is 0 Å². The van der Waals surface area contributed by atoms with Crippen molar-refractivity contribution in [3.63, 3.8) is 0 Å². The first-order chi connectivity index (χ1) is 8.13. The lowest BCUT2D eigenvalue weighted by Crippen LogP contribution is -2.21. The molecular weight excluding hydrogens is 285 g/mol. The average Bonchev–Trinajstić information content (AvgIpc) is 2.91. The van der Waals surface area contributed by atoms with Crippen molar-refractivity contribution >= 4 is 27.5 Å². The number of amides is 1. The zero-order valence-electron chi connectivity index (χ0n) is 9.25. The fraction of sp³-hybridized carbons (Fsp3) is 0.462. The molecule has 2 aliphatic carbocycles. The smallest absolute Gasteiger partial charge is 0.227 e. The van der Waals surface area contributed by atoms with Gasteiger partial charge in [-0.1, -0.05) is 0 Å². The molecule has 0 spiro atoms. The van der Waals surface area contributed by atoms with E-state index in [0.717, 1.165) is 24.7 Å². The minimum Gasteiger partial charge on any atom is -0.326 e. The minimum absolute atomic E-state index is 0.0794. The van der Waals surface area contributed by atoms with Gasteiger partial charge in [0.1, 0.15) is 5.82 Å². The van der Waals surface area contributed by atoms with Crippen molar-refractivity contribution in [3.8, 4) is 0 Å². The Morgan fingerprint density at radius 2 is 2.00 bits per heavy atom. The lowest BCUT2D eigenvalue weighted by atomic mass is 10.0. The molecule has 2 nitrogen and oxygen atoms in total. The van der Waals surface area contributed by atoms with E-state index in [9.17, 15) is 9.18 Å². The van der Waals surface area contributed by atoms with Gasteiger partial charge in [0.05, 0.1) is 4.47 Å². The Balaban J connectivity index is 1.65. The molecule has 0 aliphatic heterocycles. The fourth-order valence-electron chi connectivity index (χ4n) is 2.75. The quantitative estimate of drug-likeness (QED) is 0.888. The van der Waals surface area contributed by atoms with Gasteiger partial charge in [-0.25, -0.2) is 4.39 Å². The first-order valence-corrected chi connectivity index (χ1v) is 6.68. The van der Waals surface area contributed by atoms with Gasteiger partial charge in [0.15, 0.2) is 0 Å². The summed E-state index contributed by atoms with van der Waals surface area (Å²) in [4.78, 5) is 12.0. The highest BCUT2D eigenvalue weighted by Gasteiger charge is 2.47. The number of anilines is 1. The molecule has 2 atom stereocenters. The van der Waals surface area contributed by atoms with E-state index >= 15 is 0 Å². The van der Waals surface area contributed by atoms with Crippen molar-refractivity contribution < 1.29 is 9.18 Å². The van der Waals surface area contributed by atoms with E-state index < -0.39 is 0 Å². The minimum atomic E-state index is -0.315. The number of carbonyl (C=O) groups excluding carboxylic acids is 1. The molecule has 0 bridgehead atoms. The molecule has 1 aromatic carbocycles. The molecular formula is C13H13BrFNO. The van der Waals surface area contributed by atoms with E-state index in [1.165, 1.54) is 12.5 Å². The van der Waals surface area contributed by atoms with Gasteiger partial charge in [-0.05, 0) is 65.2 Å². The van der Waals surface area contributed by atoms with Crippen molar-refractivity contribution in [2.45, 2.75) is 19.3 Å². The number of hydrogen-bond donors (Lipinski definition) is 1. The van der Waals surface area contributed by atoms with Crippen molar-refractivity contribution in [3.05, 3.63) is 28.5 Å². The second kappa shape index (κ2) is 4.09. The van der Waals surface area contributed by atoms with Gasteiger partial charge in [-0.2, -0.15) is 0 Å². The molecule has 4 heteroatoms. The maximum absolute atomic E-state index is 13.0. The van der Waals surface area contributed by atoms with Crippen LogP contribution in [0.15, 0.2) is 22.7 Å². The topological polar surface area (TPSA) is 29.1 Å². The van der Waals surface area contributed by atoms with E-state index in [1.54, 1.807) is 12.1 Å². The van der Waals surface area contributed by atoms with E-state index in [-0.39, 0.29) is 17.6 Å².